The van der Waals surface area contributed by atoms with E-state index in [-0.39, 0.29) is 0 Å². The standard InChI is InChI=1S/C16H24/c1-3-5-6-7-8-9-10-16-13-11-15(4-2)12-14-16/h9-14H,3-8H2,1-2H3. The molecule has 0 atom stereocenters. The Bertz CT molecular complexity index is 292. The van der Waals surface area contributed by atoms with Crippen LogP contribution in [0.25, 0.3) is 6.08 Å². The normalized spacial score (nSPS) is 11.1. The molecule has 16 heavy (non-hydrogen) atoms. The van der Waals surface area contributed by atoms with Gasteiger partial charge in [0.1, 0.15) is 0 Å². The van der Waals surface area contributed by atoms with Crippen LogP contribution >= 0.6 is 0 Å². The van der Waals surface area contributed by atoms with Crippen molar-refractivity contribution in [2.45, 2.75) is 52.4 Å². The van der Waals surface area contributed by atoms with E-state index in [0.29, 0.717) is 0 Å². The Kier molecular flexibility index (Phi) is 6.64. The number of aryl methyl sites for hydroxylation is 1. The lowest BCUT2D eigenvalue weighted by molar-refractivity contribution is 0.675. The second-order valence-corrected chi connectivity index (χ2v) is 4.35. The molecule has 0 spiro atoms. The highest BCUT2D eigenvalue weighted by molar-refractivity contribution is 5.49. The van der Waals surface area contributed by atoms with Crippen LogP contribution in [0, 0.1) is 0 Å². The van der Waals surface area contributed by atoms with Crippen LogP contribution in [0.15, 0.2) is 30.3 Å². The van der Waals surface area contributed by atoms with Crippen molar-refractivity contribution in [2.24, 2.45) is 0 Å². The Morgan fingerprint density at radius 1 is 0.938 bits per heavy atom. The van der Waals surface area contributed by atoms with Gasteiger partial charge in [0.2, 0.25) is 0 Å². The zero-order valence-electron chi connectivity index (χ0n) is 10.7. The van der Waals surface area contributed by atoms with Crippen molar-refractivity contribution in [1.82, 2.24) is 0 Å². The van der Waals surface area contributed by atoms with Crippen molar-refractivity contribution in [1.29, 1.82) is 0 Å². The molecule has 0 aromatic heterocycles. The molecule has 0 saturated carbocycles. The summed E-state index contributed by atoms with van der Waals surface area (Å²) in [7, 11) is 0. The van der Waals surface area contributed by atoms with Gasteiger partial charge in [0.25, 0.3) is 0 Å². The zero-order chi connectivity index (χ0) is 11.6. The third-order valence-electron chi connectivity index (χ3n) is 2.92. The number of benzene rings is 1. The Morgan fingerprint density at radius 3 is 2.31 bits per heavy atom. The van der Waals surface area contributed by atoms with Crippen LogP contribution in [0.1, 0.15) is 57.1 Å². The number of unbranched alkanes of at least 4 members (excludes halogenated alkanes) is 4. The molecule has 0 fully saturated rings. The van der Waals surface area contributed by atoms with Gasteiger partial charge in [-0.3, -0.25) is 0 Å². The van der Waals surface area contributed by atoms with Crippen LogP contribution in [0.3, 0.4) is 0 Å². The summed E-state index contributed by atoms with van der Waals surface area (Å²) in [5.41, 5.74) is 2.74. The second kappa shape index (κ2) is 8.15. The quantitative estimate of drug-likeness (QED) is 0.547. The summed E-state index contributed by atoms with van der Waals surface area (Å²) in [4.78, 5) is 0. The van der Waals surface area contributed by atoms with Crippen molar-refractivity contribution in [3.63, 3.8) is 0 Å². The van der Waals surface area contributed by atoms with E-state index in [1.54, 1.807) is 0 Å². The fourth-order valence-corrected chi connectivity index (χ4v) is 1.77. The van der Waals surface area contributed by atoms with Crippen molar-refractivity contribution in [3.05, 3.63) is 41.5 Å². The van der Waals surface area contributed by atoms with Crippen LogP contribution in [-0.4, -0.2) is 0 Å². The molecule has 0 aliphatic carbocycles. The van der Waals surface area contributed by atoms with Crippen molar-refractivity contribution in [2.75, 3.05) is 0 Å². The second-order valence-electron chi connectivity index (χ2n) is 4.35. The summed E-state index contributed by atoms with van der Waals surface area (Å²) in [5.74, 6) is 0. The van der Waals surface area contributed by atoms with Crippen LogP contribution < -0.4 is 0 Å². The smallest absolute Gasteiger partial charge is 0.0260 e. The minimum atomic E-state index is 1.13. The highest BCUT2D eigenvalue weighted by atomic mass is 13.9. The average molecular weight is 216 g/mol. The van der Waals surface area contributed by atoms with Crippen molar-refractivity contribution >= 4 is 6.08 Å². The molecule has 0 unspecified atom stereocenters. The van der Waals surface area contributed by atoms with Gasteiger partial charge in [0.15, 0.2) is 0 Å². The van der Waals surface area contributed by atoms with Gasteiger partial charge in [0, 0.05) is 0 Å². The summed E-state index contributed by atoms with van der Waals surface area (Å²) in [6.07, 6.45) is 12.3. The molecule has 0 radical (unpaired) electrons. The topological polar surface area (TPSA) is 0 Å². The van der Waals surface area contributed by atoms with Gasteiger partial charge < -0.3 is 0 Å². The number of rotatable bonds is 7. The molecule has 1 rings (SSSR count). The van der Waals surface area contributed by atoms with E-state index in [1.165, 1.54) is 43.2 Å². The molecule has 0 aliphatic rings. The zero-order valence-corrected chi connectivity index (χ0v) is 10.7. The van der Waals surface area contributed by atoms with Crippen molar-refractivity contribution in [3.8, 4) is 0 Å². The number of allylic oxidation sites excluding steroid dienone is 1. The van der Waals surface area contributed by atoms with Gasteiger partial charge in [-0.25, -0.2) is 0 Å². The molecule has 0 bridgehead atoms. The van der Waals surface area contributed by atoms with E-state index < -0.39 is 0 Å². The summed E-state index contributed by atoms with van der Waals surface area (Å²) < 4.78 is 0. The molecular weight excluding hydrogens is 192 g/mol. The molecule has 0 heteroatoms. The summed E-state index contributed by atoms with van der Waals surface area (Å²) in [5, 5.41) is 0. The van der Waals surface area contributed by atoms with Crippen LogP contribution in [0.2, 0.25) is 0 Å². The maximum Gasteiger partial charge on any atom is -0.0260 e. The molecule has 0 saturated heterocycles. The lowest BCUT2D eigenvalue weighted by Gasteiger charge is -1.97. The Morgan fingerprint density at radius 2 is 1.69 bits per heavy atom. The first-order valence-electron chi connectivity index (χ1n) is 6.62. The molecule has 0 heterocycles. The van der Waals surface area contributed by atoms with Gasteiger partial charge in [-0.15, -0.1) is 0 Å². The molecule has 0 nitrogen and oxygen atoms in total. The van der Waals surface area contributed by atoms with Gasteiger partial charge in [-0.1, -0.05) is 69.5 Å². The molecule has 0 N–H and O–H groups in total. The minimum Gasteiger partial charge on any atom is -0.0839 e. The van der Waals surface area contributed by atoms with Crippen LogP contribution in [-0.2, 0) is 6.42 Å². The number of hydrogen-bond donors (Lipinski definition) is 0. The van der Waals surface area contributed by atoms with Gasteiger partial charge in [-0.05, 0) is 30.4 Å². The Labute approximate surface area is 100 Å². The van der Waals surface area contributed by atoms with E-state index in [1.807, 2.05) is 0 Å². The van der Waals surface area contributed by atoms with Crippen LogP contribution in [0.4, 0.5) is 0 Å². The largest absolute Gasteiger partial charge is 0.0839 e. The van der Waals surface area contributed by atoms with Crippen LogP contribution in [0.5, 0.6) is 0 Å². The lowest BCUT2D eigenvalue weighted by atomic mass is 10.1. The number of hydrogen-bond acceptors (Lipinski definition) is 0. The minimum absolute atomic E-state index is 1.13. The van der Waals surface area contributed by atoms with Crippen molar-refractivity contribution < 1.29 is 0 Å². The SMILES string of the molecule is CCCCCCC=Cc1ccc(CC)cc1. The predicted molar refractivity (Wildman–Crippen MR) is 73.6 cm³/mol. The summed E-state index contributed by atoms with van der Waals surface area (Å²) in [6.45, 7) is 4.45. The molecule has 1 aromatic carbocycles. The third-order valence-corrected chi connectivity index (χ3v) is 2.92. The predicted octanol–water partition coefficient (Wildman–Crippen LogP) is 5.23. The van der Waals surface area contributed by atoms with Gasteiger partial charge >= 0.3 is 0 Å². The summed E-state index contributed by atoms with van der Waals surface area (Å²) >= 11 is 0. The lowest BCUT2D eigenvalue weighted by Crippen LogP contribution is -1.79. The average Bonchev–Trinajstić information content (AvgIpc) is 2.34. The van der Waals surface area contributed by atoms with E-state index in [4.69, 9.17) is 0 Å². The Balaban J connectivity index is 2.27. The van der Waals surface area contributed by atoms with E-state index in [9.17, 15) is 0 Å². The van der Waals surface area contributed by atoms with Gasteiger partial charge in [-0.2, -0.15) is 0 Å². The third kappa shape index (κ3) is 5.16. The Hall–Kier alpha value is -1.04. The maximum absolute atomic E-state index is 2.30. The van der Waals surface area contributed by atoms with E-state index in [0.717, 1.165) is 6.42 Å². The van der Waals surface area contributed by atoms with E-state index >= 15 is 0 Å². The first-order chi connectivity index (χ1) is 7.86. The molecule has 1 aromatic rings. The first-order valence-corrected chi connectivity index (χ1v) is 6.62. The van der Waals surface area contributed by atoms with Gasteiger partial charge in [0.05, 0.1) is 0 Å². The highest BCUT2D eigenvalue weighted by Crippen LogP contribution is 2.09. The molecule has 0 aliphatic heterocycles. The summed E-state index contributed by atoms with van der Waals surface area (Å²) in [6, 6.07) is 8.86. The van der Waals surface area contributed by atoms with E-state index in [2.05, 4.69) is 50.3 Å². The first kappa shape index (κ1) is 13.0. The highest BCUT2D eigenvalue weighted by Gasteiger charge is 1.89. The maximum atomic E-state index is 2.30. The molecule has 88 valence electrons. The fourth-order valence-electron chi connectivity index (χ4n) is 1.77. The molecule has 0 amide bonds. The monoisotopic (exact) mass is 216 g/mol. The fraction of sp³-hybridized carbons (Fsp3) is 0.500. The molecular formula is C16H24.